The lowest BCUT2D eigenvalue weighted by molar-refractivity contribution is -0.123. The van der Waals surface area contributed by atoms with Crippen molar-refractivity contribution in [2.75, 3.05) is 13.2 Å². The van der Waals surface area contributed by atoms with Gasteiger partial charge in [0.15, 0.2) is 0 Å². The number of benzene rings is 1. The van der Waals surface area contributed by atoms with Gasteiger partial charge in [0.2, 0.25) is 5.91 Å². The molecule has 3 rings (SSSR count). The standard InChI is InChI=1S/C16H22N2O2.ClH/c1-2-11-5-3-6-12-13(8-10-20-15(11)12)18-16(19)14-7-4-9-17-14;/h3,5-6,13-14,17H,2,4,7-10H2,1H3,(H,18,19);1H. The lowest BCUT2D eigenvalue weighted by Gasteiger charge is -2.29. The topological polar surface area (TPSA) is 50.4 Å². The van der Waals surface area contributed by atoms with Gasteiger partial charge in [0, 0.05) is 12.0 Å². The predicted molar refractivity (Wildman–Crippen MR) is 85.1 cm³/mol. The number of fused-ring (bicyclic) bond motifs is 1. The molecule has 5 heteroatoms. The van der Waals surface area contributed by atoms with Crippen LogP contribution in [-0.2, 0) is 11.2 Å². The zero-order valence-corrected chi connectivity index (χ0v) is 13.2. The fourth-order valence-corrected chi connectivity index (χ4v) is 3.10. The van der Waals surface area contributed by atoms with E-state index in [0.29, 0.717) is 6.61 Å². The number of aryl methyl sites for hydroxylation is 1. The van der Waals surface area contributed by atoms with Gasteiger partial charge in [-0.25, -0.2) is 0 Å². The zero-order valence-electron chi connectivity index (χ0n) is 12.4. The minimum atomic E-state index is -0.0179. The first-order chi connectivity index (χ1) is 9.79. The van der Waals surface area contributed by atoms with Gasteiger partial charge in [-0.3, -0.25) is 4.79 Å². The van der Waals surface area contributed by atoms with Crippen LogP contribution in [0.3, 0.4) is 0 Å². The Balaban J connectivity index is 0.00000161. The number of rotatable bonds is 3. The van der Waals surface area contributed by atoms with Gasteiger partial charge in [0.25, 0.3) is 0 Å². The smallest absolute Gasteiger partial charge is 0.237 e. The quantitative estimate of drug-likeness (QED) is 0.901. The van der Waals surface area contributed by atoms with E-state index in [2.05, 4.69) is 35.8 Å². The van der Waals surface area contributed by atoms with Gasteiger partial charge in [-0.05, 0) is 31.4 Å². The van der Waals surface area contributed by atoms with Crippen molar-refractivity contribution in [2.24, 2.45) is 0 Å². The Bertz CT molecular complexity index is 501. The van der Waals surface area contributed by atoms with E-state index in [-0.39, 0.29) is 30.4 Å². The van der Waals surface area contributed by atoms with Crippen LogP contribution >= 0.6 is 12.4 Å². The lowest BCUT2D eigenvalue weighted by Crippen LogP contribution is -2.43. The maximum Gasteiger partial charge on any atom is 0.237 e. The van der Waals surface area contributed by atoms with Crippen molar-refractivity contribution in [3.63, 3.8) is 0 Å². The van der Waals surface area contributed by atoms with Crippen molar-refractivity contribution < 1.29 is 9.53 Å². The summed E-state index contributed by atoms with van der Waals surface area (Å²) in [7, 11) is 0. The summed E-state index contributed by atoms with van der Waals surface area (Å²) >= 11 is 0. The maximum atomic E-state index is 12.3. The summed E-state index contributed by atoms with van der Waals surface area (Å²) in [6, 6.07) is 6.29. The first-order valence-electron chi connectivity index (χ1n) is 7.58. The minimum absolute atomic E-state index is 0. The van der Waals surface area contributed by atoms with Crippen LogP contribution in [-0.4, -0.2) is 25.1 Å². The number of para-hydroxylation sites is 1. The highest BCUT2D eigenvalue weighted by molar-refractivity contribution is 5.85. The van der Waals surface area contributed by atoms with Crippen molar-refractivity contribution >= 4 is 18.3 Å². The van der Waals surface area contributed by atoms with Gasteiger partial charge in [-0.2, -0.15) is 0 Å². The van der Waals surface area contributed by atoms with Crippen LogP contribution in [0.1, 0.15) is 43.4 Å². The highest BCUT2D eigenvalue weighted by Gasteiger charge is 2.28. The molecule has 2 unspecified atom stereocenters. The number of carbonyl (C=O) groups excluding carboxylic acids is 1. The Kier molecular flexibility index (Phi) is 5.48. The normalized spacial score (nSPS) is 23.7. The summed E-state index contributed by atoms with van der Waals surface area (Å²) in [6.45, 7) is 3.75. The molecule has 2 aliphatic heterocycles. The number of nitrogens with one attached hydrogen (secondary N) is 2. The van der Waals surface area contributed by atoms with Gasteiger partial charge in [0.1, 0.15) is 5.75 Å². The molecule has 1 amide bonds. The Labute approximate surface area is 132 Å². The first-order valence-corrected chi connectivity index (χ1v) is 7.58. The molecule has 21 heavy (non-hydrogen) atoms. The highest BCUT2D eigenvalue weighted by Crippen LogP contribution is 2.35. The Hall–Kier alpha value is -1.26. The third-order valence-electron chi connectivity index (χ3n) is 4.23. The second-order valence-electron chi connectivity index (χ2n) is 5.54. The average Bonchev–Trinajstić information content (AvgIpc) is 3.01. The predicted octanol–water partition coefficient (Wildman–Crippen LogP) is 2.36. The van der Waals surface area contributed by atoms with Crippen LogP contribution in [0.5, 0.6) is 5.75 Å². The number of ether oxygens (including phenoxy) is 1. The van der Waals surface area contributed by atoms with Gasteiger partial charge in [0.05, 0.1) is 18.7 Å². The second kappa shape index (κ2) is 7.14. The summed E-state index contributed by atoms with van der Waals surface area (Å²) in [5, 5.41) is 6.44. The molecule has 2 N–H and O–H groups in total. The molecule has 116 valence electrons. The lowest BCUT2D eigenvalue weighted by atomic mass is 9.96. The minimum Gasteiger partial charge on any atom is -0.493 e. The van der Waals surface area contributed by atoms with E-state index in [1.54, 1.807) is 0 Å². The molecule has 1 aromatic carbocycles. The van der Waals surface area contributed by atoms with E-state index >= 15 is 0 Å². The fraction of sp³-hybridized carbons (Fsp3) is 0.562. The Morgan fingerprint density at radius 2 is 2.29 bits per heavy atom. The molecule has 1 aromatic rings. The highest BCUT2D eigenvalue weighted by atomic mass is 35.5. The summed E-state index contributed by atoms with van der Waals surface area (Å²) in [5.74, 6) is 1.10. The van der Waals surface area contributed by atoms with Crippen LogP contribution < -0.4 is 15.4 Å². The summed E-state index contributed by atoms with van der Waals surface area (Å²) in [4.78, 5) is 12.3. The number of hydrogen-bond acceptors (Lipinski definition) is 3. The number of hydrogen-bond donors (Lipinski definition) is 2. The molecule has 0 spiro atoms. The molecule has 0 aromatic heterocycles. The maximum absolute atomic E-state index is 12.3. The van der Waals surface area contributed by atoms with Crippen LogP contribution in [0, 0.1) is 0 Å². The molecular formula is C16H23ClN2O2. The van der Waals surface area contributed by atoms with Crippen LogP contribution in [0.15, 0.2) is 18.2 Å². The van der Waals surface area contributed by atoms with Gasteiger partial charge < -0.3 is 15.4 Å². The van der Waals surface area contributed by atoms with Gasteiger partial charge in [-0.15, -0.1) is 12.4 Å². The average molecular weight is 311 g/mol. The van der Waals surface area contributed by atoms with Crippen molar-refractivity contribution in [1.82, 2.24) is 10.6 Å². The molecule has 1 saturated heterocycles. The third-order valence-corrected chi connectivity index (χ3v) is 4.23. The summed E-state index contributed by atoms with van der Waals surface area (Å²) in [6.07, 6.45) is 3.83. The van der Waals surface area contributed by atoms with E-state index in [0.717, 1.165) is 43.5 Å². The van der Waals surface area contributed by atoms with E-state index in [4.69, 9.17) is 4.74 Å². The van der Waals surface area contributed by atoms with Crippen LogP contribution in [0.4, 0.5) is 0 Å². The monoisotopic (exact) mass is 310 g/mol. The first kappa shape index (κ1) is 16.1. The van der Waals surface area contributed by atoms with Crippen LogP contribution in [0.2, 0.25) is 0 Å². The Morgan fingerprint density at radius 3 is 3.00 bits per heavy atom. The third kappa shape index (κ3) is 3.33. The molecule has 4 nitrogen and oxygen atoms in total. The molecule has 2 heterocycles. The van der Waals surface area contributed by atoms with E-state index in [1.165, 1.54) is 5.56 Å². The van der Waals surface area contributed by atoms with Crippen molar-refractivity contribution in [3.05, 3.63) is 29.3 Å². The molecule has 0 radical (unpaired) electrons. The fourth-order valence-electron chi connectivity index (χ4n) is 3.10. The van der Waals surface area contributed by atoms with Crippen molar-refractivity contribution in [2.45, 2.75) is 44.7 Å². The van der Waals surface area contributed by atoms with Crippen LogP contribution in [0.25, 0.3) is 0 Å². The van der Waals surface area contributed by atoms with Crippen molar-refractivity contribution in [3.8, 4) is 5.75 Å². The zero-order chi connectivity index (χ0) is 13.9. The summed E-state index contributed by atoms with van der Waals surface area (Å²) < 4.78 is 5.82. The molecule has 2 atom stereocenters. The second-order valence-corrected chi connectivity index (χ2v) is 5.54. The van der Waals surface area contributed by atoms with Gasteiger partial charge >= 0.3 is 0 Å². The van der Waals surface area contributed by atoms with Crippen molar-refractivity contribution in [1.29, 1.82) is 0 Å². The summed E-state index contributed by atoms with van der Waals surface area (Å²) in [5.41, 5.74) is 2.35. The molecule has 0 bridgehead atoms. The molecule has 1 fully saturated rings. The largest absolute Gasteiger partial charge is 0.493 e. The SMILES string of the molecule is CCc1cccc2c1OCCC2NC(=O)C1CCCN1.Cl. The Morgan fingerprint density at radius 1 is 1.43 bits per heavy atom. The number of amides is 1. The number of halogens is 1. The molecule has 0 aliphatic carbocycles. The molecular weight excluding hydrogens is 288 g/mol. The molecule has 2 aliphatic rings. The molecule has 0 saturated carbocycles. The van der Waals surface area contributed by atoms with E-state index < -0.39 is 0 Å². The number of carbonyl (C=O) groups is 1. The van der Waals surface area contributed by atoms with E-state index in [1.807, 2.05) is 0 Å². The van der Waals surface area contributed by atoms with Gasteiger partial charge in [-0.1, -0.05) is 25.1 Å². The van der Waals surface area contributed by atoms with E-state index in [9.17, 15) is 4.79 Å².